The molecule has 8 heteroatoms. The van der Waals surface area contributed by atoms with Crippen molar-refractivity contribution in [3.63, 3.8) is 0 Å². The number of carbonyl (C=O) groups is 3. The lowest BCUT2D eigenvalue weighted by molar-refractivity contribution is -0.128. The van der Waals surface area contributed by atoms with Crippen molar-refractivity contribution in [3.8, 4) is 11.5 Å². The minimum absolute atomic E-state index is 0.0875. The number of rotatable bonds is 8. The molecule has 1 aliphatic rings. The summed E-state index contributed by atoms with van der Waals surface area (Å²) < 4.78 is 10.4. The highest BCUT2D eigenvalue weighted by Gasteiger charge is 2.37. The molecule has 1 atom stereocenters. The third kappa shape index (κ3) is 4.84. The predicted octanol–water partition coefficient (Wildman–Crippen LogP) is 2.54. The van der Waals surface area contributed by atoms with Crippen LogP contribution in [0, 0.1) is 0 Å². The Balaban J connectivity index is 1.54. The van der Waals surface area contributed by atoms with Gasteiger partial charge in [0.15, 0.2) is 11.5 Å². The number of carbonyl (C=O) groups excluding carboxylic acids is 3. The fourth-order valence-electron chi connectivity index (χ4n) is 3.10. The van der Waals surface area contributed by atoms with E-state index in [2.05, 4.69) is 10.6 Å². The third-order valence-electron chi connectivity index (χ3n) is 4.62. The van der Waals surface area contributed by atoms with Crippen LogP contribution in [0.4, 0.5) is 10.5 Å². The lowest BCUT2D eigenvalue weighted by Gasteiger charge is -2.13. The molecule has 2 aromatic rings. The van der Waals surface area contributed by atoms with Gasteiger partial charge in [0.25, 0.3) is 5.91 Å². The SMILES string of the molecule is COc1ccc(NC(=O)CC[C@H]2NC(=O)N(Cc3ccccc3)C2=O)cc1OC. The van der Waals surface area contributed by atoms with Gasteiger partial charge in [0.2, 0.25) is 5.91 Å². The first-order valence-corrected chi connectivity index (χ1v) is 9.19. The molecule has 2 N–H and O–H groups in total. The van der Waals surface area contributed by atoms with Gasteiger partial charge in [-0.2, -0.15) is 0 Å². The van der Waals surface area contributed by atoms with Crippen molar-refractivity contribution in [2.75, 3.05) is 19.5 Å². The number of hydrogen-bond acceptors (Lipinski definition) is 5. The summed E-state index contributed by atoms with van der Waals surface area (Å²) in [6.07, 6.45) is 0.305. The molecule has 2 aromatic carbocycles. The number of nitrogens with zero attached hydrogens (tertiary/aromatic N) is 1. The van der Waals surface area contributed by atoms with Crippen molar-refractivity contribution < 1.29 is 23.9 Å². The smallest absolute Gasteiger partial charge is 0.325 e. The van der Waals surface area contributed by atoms with Gasteiger partial charge in [0.1, 0.15) is 6.04 Å². The van der Waals surface area contributed by atoms with Gasteiger partial charge < -0.3 is 20.1 Å². The lowest BCUT2D eigenvalue weighted by Crippen LogP contribution is -2.31. The molecule has 8 nitrogen and oxygen atoms in total. The molecular weight excluding hydrogens is 374 g/mol. The van der Waals surface area contributed by atoms with Gasteiger partial charge in [-0.1, -0.05) is 30.3 Å². The molecule has 1 saturated heterocycles. The van der Waals surface area contributed by atoms with Gasteiger partial charge in [-0.05, 0) is 24.1 Å². The highest BCUT2D eigenvalue weighted by molar-refractivity contribution is 6.04. The first-order chi connectivity index (χ1) is 14.0. The van der Waals surface area contributed by atoms with Crippen LogP contribution in [-0.2, 0) is 16.1 Å². The Morgan fingerprint density at radius 2 is 1.79 bits per heavy atom. The van der Waals surface area contributed by atoms with Crippen LogP contribution >= 0.6 is 0 Å². The molecule has 0 saturated carbocycles. The second-order valence-electron chi connectivity index (χ2n) is 6.57. The zero-order valence-corrected chi connectivity index (χ0v) is 16.3. The van der Waals surface area contributed by atoms with Crippen molar-refractivity contribution in [3.05, 3.63) is 54.1 Å². The fourth-order valence-corrected chi connectivity index (χ4v) is 3.10. The molecular formula is C21H23N3O5. The Kier molecular flexibility index (Phi) is 6.33. The number of nitrogens with one attached hydrogen (secondary N) is 2. The Bertz CT molecular complexity index is 900. The highest BCUT2D eigenvalue weighted by atomic mass is 16.5. The van der Waals surface area contributed by atoms with Crippen LogP contribution in [0.5, 0.6) is 11.5 Å². The zero-order valence-electron chi connectivity index (χ0n) is 16.3. The molecule has 0 radical (unpaired) electrons. The first-order valence-electron chi connectivity index (χ1n) is 9.19. The zero-order chi connectivity index (χ0) is 20.8. The maximum atomic E-state index is 12.5. The van der Waals surface area contributed by atoms with Crippen molar-refractivity contribution >= 4 is 23.5 Å². The second kappa shape index (κ2) is 9.09. The maximum absolute atomic E-state index is 12.5. The van der Waals surface area contributed by atoms with Crippen LogP contribution in [0.15, 0.2) is 48.5 Å². The van der Waals surface area contributed by atoms with E-state index in [1.807, 2.05) is 30.3 Å². The Morgan fingerprint density at radius 3 is 2.48 bits per heavy atom. The van der Waals surface area contributed by atoms with Crippen LogP contribution in [0.3, 0.4) is 0 Å². The maximum Gasteiger partial charge on any atom is 0.325 e. The number of benzene rings is 2. The molecule has 0 aliphatic carbocycles. The minimum Gasteiger partial charge on any atom is -0.493 e. The average molecular weight is 397 g/mol. The van der Waals surface area contributed by atoms with E-state index in [0.717, 1.165) is 5.56 Å². The summed E-state index contributed by atoms with van der Waals surface area (Å²) in [4.78, 5) is 38.1. The highest BCUT2D eigenvalue weighted by Crippen LogP contribution is 2.29. The van der Waals surface area contributed by atoms with Gasteiger partial charge in [-0.3, -0.25) is 14.5 Å². The normalized spacial score (nSPS) is 15.8. The molecule has 152 valence electrons. The summed E-state index contributed by atoms with van der Waals surface area (Å²) in [5, 5.41) is 5.40. The van der Waals surface area contributed by atoms with Crippen molar-refractivity contribution in [1.29, 1.82) is 0 Å². The molecule has 0 unspecified atom stereocenters. The van der Waals surface area contributed by atoms with E-state index in [9.17, 15) is 14.4 Å². The molecule has 1 heterocycles. The molecule has 0 spiro atoms. The van der Waals surface area contributed by atoms with Crippen molar-refractivity contribution in [2.45, 2.75) is 25.4 Å². The molecule has 29 heavy (non-hydrogen) atoms. The minimum atomic E-state index is -0.706. The number of urea groups is 1. The monoisotopic (exact) mass is 397 g/mol. The Labute approximate surface area is 168 Å². The van der Waals surface area contributed by atoms with E-state index < -0.39 is 12.1 Å². The topological polar surface area (TPSA) is 97.0 Å². The molecule has 0 bridgehead atoms. The average Bonchev–Trinajstić information content (AvgIpc) is 3.00. The van der Waals surface area contributed by atoms with E-state index in [1.54, 1.807) is 18.2 Å². The van der Waals surface area contributed by atoms with Crippen LogP contribution in [-0.4, -0.2) is 43.0 Å². The largest absolute Gasteiger partial charge is 0.493 e. The summed E-state index contributed by atoms with van der Waals surface area (Å²) >= 11 is 0. The van der Waals surface area contributed by atoms with Crippen LogP contribution in [0.2, 0.25) is 0 Å². The Morgan fingerprint density at radius 1 is 1.07 bits per heavy atom. The lowest BCUT2D eigenvalue weighted by atomic mass is 10.1. The van der Waals surface area contributed by atoms with Crippen molar-refractivity contribution in [2.24, 2.45) is 0 Å². The van der Waals surface area contributed by atoms with E-state index >= 15 is 0 Å². The summed E-state index contributed by atoms with van der Waals surface area (Å²) in [5.41, 5.74) is 1.42. The quantitative estimate of drug-likeness (QED) is 0.667. The first kappa shape index (κ1) is 20.2. The summed E-state index contributed by atoms with van der Waals surface area (Å²) in [7, 11) is 3.04. The van der Waals surface area contributed by atoms with E-state index in [1.165, 1.54) is 19.1 Å². The molecule has 3 rings (SSSR count). The number of ether oxygens (including phenoxy) is 2. The Hall–Kier alpha value is -3.55. The number of hydrogen-bond donors (Lipinski definition) is 2. The molecule has 1 fully saturated rings. The molecule has 4 amide bonds. The van der Waals surface area contributed by atoms with E-state index in [-0.39, 0.29) is 31.2 Å². The summed E-state index contributed by atoms with van der Waals surface area (Å²) in [5.74, 6) is 0.474. The van der Waals surface area contributed by atoms with Crippen LogP contribution < -0.4 is 20.1 Å². The second-order valence-corrected chi connectivity index (χ2v) is 6.57. The predicted molar refractivity (Wildman–Crippen MR) is 107 cm³/mol. The number of anilines is 1. The van der Waals surface area contributed by atoms with Crippen LogP contribution in [0.25, 0.3) is 0 Å². The van der Waals surface area contributed by atoms with Gasteiger partial charge in [-0.25, -0.2) is 4.79 Å². The summed E-state index contributed by atoms with van der Waals surface area (Å²) in [6.45, 7) is 0.208. The number of methoxy groups -OCH3 is 2. The number of imide groups is 1. The third-order valence-corrected chi connectivity index (χ3v) is 4.62. The standard InChI is InChI=1S/C21H23N3O5/c1-28-17-10-8-15(12-18(17)29-2)22-19(25)11-9-16-20(26)24(21(27)23-16)13-14-6-4-3-5-7-14/h3-8,10,12,16H,9,11,13H2,1-2H3,(H,22,25)(H,23,27)/t16-/m1/s1. The van der Waals surface area contributed by atoms with Gasteiger partial charge in [-0.15, -0.1) is 0 Å². The number of amides is 4. The van der Waals surface area contributed by atoms with Gasteiger partial charge in [0, 0.05) is 18.2 Å². The van der Waals surface area contributed by atoms with Gasteiger partial charge >= 0.3 is 6.03 Å². The summed E-state index contributed by atoms with van der Waals surface area (Å²) in [6, 6.07) is 13.2. The van der Waals surface area contributed by atoms with Crippen LogP contribution in [0.1, 0.15) is 18.4 Å². The molecule has 0 aromatic heterocycles. The van der Waals surface area contributed by atoms with Crippen molar-refractivity contribution in [1.82, 2.24) is 10.2 Å². The van der Waals surface area contributed by atoms with Gasteiger partial charge in [0.05, 0.1) is 20.8 Å². The van der Waals surface area contributed by atoms with E-state index in [4.69, 9.17) is 9.47 Å². The molecule has 1 aliphatic heterocycles. The van der Waals surface area contributed by atoms with E-state index in [0.29, 0.717) is 17.2 Å². The fraction of sp³-hybridized carbons (Fsp3) is 0.286.